The second kappa shape index (κ2) is 6.27. The minimum absolute atomic E-state index is 0.0985. The van der Waals surface area contributed by atoms with Crippen LogP contribution in [0.4, 0.5) is 0 Å². The third-order valence-corrected chi connectivity index (χ3v) is 4.95. The highest BCUT2D eigenvalue weighted by atomic mass is 79.9. The predicted octanol–water partition coefficient (Wildman–Crippen LogP) is 4.91. The average Bonchev–Trinajstić information content (AvgIpc) is 3.03. The molecular formula is C16H20BrClN2O. The molecule has 114 valence electrons. The monoisotopic (exact) mass is 370 g/mol. The zero-order valence-corrected chi connectivity index (χ0v) is 14.7. The molecule has 1 aromatic carbocycles. The largest absolute Gasteiger partial charge is 0.378 e. The van der Waals surface area contributed by atoms with Crippen molar-refractivity contribution in [3.8, 4) is 0 Å². The molecule has 2 heterocycles. The van der Waals surface area contributed by atoms with Crippen molar-refractivity contribution >= 4 is 38.6 Å². The van der Waals surface area contributed by atoms with E-state index in [2.05, 4.69) is 45.6 Å². The summed E-state index contributed by atoms with van der Waals surface area (Å²) in [6.07, 6.45) is 2.54. The van der Waals surface area contributed by atoms with Gasteiger partial charge in [0.15, 0.2) is 0 Å². The number of benzene rings is 1. The molecule has 1 saturated heterocycles. The van der Waals surface area contributed by atoms with Gasteiger partial charge in [-0.1, -0.05) is 22.9 Å². The van der Waals surface area contributed by atoms with Crippen LogP contribution in [0.25, 0.3) is 11.0 Å². The summed E-state index contributed by atoms with van der Waals surface area (Å²) in [5.74, 6) is 1.50. The highest BCUT2D eigenvalue weighted by Crippen LogP contribution is 2.31. The molecule has 3 atom stereocenters. The van der Waals surface area contributed by atoms with Crippen LogP contribution in [-0.2, 0) is 11.3 Å². The first-order chi connectivity index (χ1) is 10.1. The third-order valence-electron chi connectivity index (χ3n) is 4.26. The first kappa shape index (κ1) is 15.3. The van der Waals surface area contributed by atoms with Gasteiger partial charge >= 0.3 is 0 Å². The Kier molecular flexibility index (Phi) is 4.57. The Balaban J connectivity index is 2.01. The van der Waals surface area contributed by atoms with Crippen LogP contribution in [0.3, 0.4) is 0 Å². The van der Waals surface area contributed by atoms with Crippen LogP contribution in [-0.4, -0.2) is 22.3 Å². The summed E-state index contributed by atoms with van der Waals surface area (Å²) in [5.41, 5.74) is 2.15. The van der Waals surface area contributed by atoms with E-state index < -0.39 is 0 Å². The number of aromatic nitrogens is 2. The van der Waals surface area contributed by atoms with Crippen molar-refractivity contribution in [1.29, 1.82) is 0 Å². The fourth-order valence-corrected chi connectivity index (χ4v) is 3.72. The van der Waals surface area contributed by atoms with Gasteiger partial charge in [0.1, 0.15) is 5.82 Å². The Hall–Kier alpha value is -0.580. The lowest BCUT2D eigenvalue weighted by Gasteiger charge is -2.19. The zero-order valence-electron chi connectivity index (χ0n) is 12.4. The molecule has 0 N–H and O–H groups in total. The molecule has 1 fully saturated rings. The molecule has 0 radical (unpaired) electrons. The molecular weight excluding hydrogens is 352 g/mol. The summed E-state index contributed by atoms with van der Waals surface area (Å²) in [6.45, 7) is 5.98. The predicted molar refractivity (Wildman–Crippen MR) is 89.8 cm³/mol. The number of hydrogen-bond acceptors (Lipinski definition) is 2. The number of rotatable bonds is 4. The minimum Gasteiger partial charge on any atom is -0.378 e. The smallest absolute Gasteiger partial charge is 0.127 e. The number of imidazole rings is 1. The van der Waals surface area contributed by atoms with Gasteiger partial charge < -0.3 is 9.30 Å². The molecule has 3 nitrogen and oxygen atoms in total. The standard InChI is InChI=1S/C16H20BrClN2O/c1-3-15-11(6-7-21-15)9-20-14-5-4-12(17)8-13(14)19-16(20)10(2)18/h4-5,8,10-11,15H,3,6-7,9H2,1-2H3. The maximum Gasteiger partial charge on any atom is 0.127 e. The lowest BCUT2D eigenvalue weighted by atomic mass is 9.99. The fraction of sp³-hybridized carbons (Fsp3) is 0.562. The van der Waals surface area contributed by atoms with Crippen molar-refractivity contribution in [3.05, 3.63) is 28.5 Å². The maximum absolute atomic E-state index is 6.35. The summed E-state index contributed by atoms with van der Waals surface area (Å²) in [4.78, 5) is 4.73. The van der Waals surface area contributed by atoms with Gasteiger partial charge in [0.05, 0.1) is 22.5 Å². The van der Waals surface area contributed by atoms with Crippen LogP contribution in [0.1, 0.15) is 37.9 Å². The lowest BCUT2D eigenvalue weighted by Crippen LogP contribution is -2.21. The Morgan fingerprint density at radius 2 is 2.33 bits per heavy atom. The highest BCUT2D eigenvalue weighted by Gasteiger charge is 2.28. The van der Waals surface area contributed by atoms with E-state index in [4.69, 9.17) is 21.3 Å². The third kappa shape index (κ3) is 2.99. The Morgan fingerprint density at radius 3 is 3.05 bits per heavy atom. The summed E-state index contributed by atoms with van der Waals surface area (Å²) < 4.78 is 9.15. The molecule has 0 aliphatic carbocycles. The second-order valence-corrected chi connectivity index (χ2v) is 7.27. The van der Waals surface area contributed by atoms with E-state index in [0.717, 1.165) is 47.3 Å². The van der Waals surface area contributed by atoms with E-state index >= 15 is 0 Å². The Labute approximate surface area is 138 Å². The maximum atomic E-state index is 6.35. The molecule has 21 heavy (non-hydrogen) atoms. The van der Waals surface area contributed by atoms with Crippen molar-refractivity contribution in [2.45, 2.75) is 44.7 Å². The van der Waals surface area contributed by atoms with Crippen molar-refractivity contribution in [1.82, 2.24) is 9.55 Å². The SMILES string of the molecule is CCC1OCCC1Cn1c(C(C)Cl)nc2cc(Br)ccc21. The van der Waals surface area contributed by atoms with Crippen molar-refractivity contribution in [2.24, 2.45) is 5.92 Å². The molecule has 1 aliphatic heterocycles. The van der Waals surface area contributed by atoms with Gasteiger partial charge in [-0.3, -0.25) is 0 Å². The Bertz CT molecular complexity index is 640. The first-order valence-corrected chi connectivity index (χ1v) is 8.74. The van der Waals surface area contributed by atoms with E-state index in [1.54, 1.807) is 0 Å². The molecule has 1 aromatic heterocycles. The van der Waals surface area contributed by atoms with Crippen LogP contribution >= 0.6 is 27.5 Å². The summed E-state index contributed by atoms with van der Waals surface area (Å²) in [5, 5.41) is -0.0985. The molecule has 0 spiro atoms. The topological polar surface area (TPSA) is 27.1 Å². The summed E-state index contributed by atoms with van der Waals surface area (Å²) in [7, 11) is 0. The van der Waals surface area contributed by atoms with Gasteiger partial charge in [0.25, 0.3) is 0 Å². The number of halogens is 2. The number of alkyl halides is 1. The number of ether oxygens (including phenoxy) is 1. The normalized spacial score (nSPS) is 23.8. The van der Waals surface area contributed by atoms with Crippen molar-refractivity contribution < 1.29 is 4.74 Å². The first-order valence-electron chi connectivity index (χ1n) is 7.51. The van der Waals surface area contributed by atoms with Crippen LogP contribution in [0.15, 0.2) is 22.7 Å². The molecule has 0 bridgehead atoms. The van der Waals surface area contributed by atoms with E-state index in [1.165, 1.54) is 0 Å². The van der Waals surface area contributed by atoms with Gasteiger partial charge in [0, 0.05) is 23.5 Å². The lowest BCUT2D eigenvalue weighted by molar-refractivity contribution is 0.0835. The van der Waals surface area contributed by atoms with Gasteiger partial charge in [-0.05, 0) is 38.0 Å². The number of hydrogen-bond donors (Lipinski definition) is 0. The quantitative estimate of drug-likeness (QED) is 0.714. The van der Waals surface area contributed by atoms with E-state index in [-0.39, 0.29) is 5.38 Å². The van der Waals surface area contributed by atoms with Gasteiger partial charge in [-0.2, -0.15) is 0 Å². The second-order valence-electron chi connectivity index (χ2n) is 5.70. The molecule has 2 aromatic rings. The Morgan fingerprint density at radius 1 is 1.52 bits per heavy atom. The van der Waals surface area contributed by atoms with Crippen LogP contribution in [0.2, 0.25) is 0 Å². The fourth-order valence-electron chi connectivity index (χ4n) is 3.20. The van der Waals surface area contributed by atoms with Crippen molar-refractivity contribution in [2.75, 3.05) is 6.61 Å². The number of fused-ring (bicyclic) bond motifs is 1. The van der Waals surface area contributed by atoms with Crippen LogP contribution < -0.4 is 0 Å². The van der Waals surface area contributed by atoms with E-state index in [1.807, 2.05) is 6.92 Å². The highest BCUT2D eigenvalue weighted by molar-refractivity contribution is 9.10. The van der Waals surface area contributed by atoms with Gasteiger partial charge in [-0.15, -0.1) is 11.6 Å². The van der Waals surface area contributed by atoms with E-state index in [9.17, 15) is 0 Å². The molecule has 0 amide bonds. The van der Waals surface area contributed by atoms with E-state index in [0.29, 0.717) is 12.0 Å². The molecule has 3 rings (SSSR count). The van der Waals surface area contributed by atoms with Crippen molar-refractivity contribution in [3.63, 3.8) is 0 Å². The van der Waals surface area contributed by atoms with Gasteiger partial charge in [-0.25, -0.2) is 4.98 Å². The number of nitrogens with zero attached hydrogens (tertiary/aromatic N) is 2. The molecule has 5 heteroatoms. The average molecular weight is 372 g/mol. The van der Waals surface area contributed by atoms with Gasteiger partial charge in [0.2, 0.25) is 0 Å². The molecule has 0 saturated carbocycles. The molecule has 3 unspecified atom stereocenters. The minimum atomic E-state index is -0.0985. The molecule has 1 aliphatic rings. The summed E-state index contributed by atoms with van der Waals surface area (Å²) in [6, 6.07) is 6.23. The zero-order chi connectivity index (χ0) is 15.0. The summed E-state index contributed by atoms with van der Waals surface area (Å²) >= 11 is 9.86. The van der Waals surface area contributed by atoms with Crippen LogP contribution in [0.5, 0.6) is 0 Å². The van der Waals surface area contributed by atoms with Crippen LogP contribution in [0, 0.1) is 5.92 Å².